The molecule has 0 unspecified atom stereocenters. The lowest BCUT2D eigenvalue weighted by molar-refractivity contribution is 0.0405. The summed E-state index contributed by atoms with van der Waals surface area (Å²) in [6.07, 6.45) is 15.5. The highest BCUT2D eigenvalue weighted by atomic mass is 28.4. The number of nitrogens with one attached hydrogen (secondary N) is 1. The molecule has 36 heavy (non-hydrogen) atoms. The molecular formula is C29H59NO5Si. The van der Waals surface area contributed by atoms with Gasteiger partial charge in [-0.15, -0.1) is 0 Å². The molecule has 0 radical (unpaired) electrons. The molecule has 0 aromatic carbocycles. The first kappa shape index (κ1) is 35.1. The monoisotopic (exact) mass is 529 g/mol. The lowest BCUT2D eigenvalue weighted by Crippen LogP contribution is -2.47. The molecule has 0 saturated heterocycles. The molecule has 0 aliphatic rings. The molecular weight excluding hydrogens is 470 g/mol. The van der Waals surface area contributed by atoms with E-state index in [9.17, 15) is 15.0 Å². The second-order valence-corrected chi connectivity index (χ2v) is 17.5. The second-order valence-electron chi connectivity index (χ2n) is 12.7. The van der Waals surface area contributed by atoms with Crippen LogP contribution in [0.15, 0.2) is 12.2 Å². The molecule has 3 atom stereocenters. The summed E-state index contributed by atoms with van der Waals surface area (Å²) in [5.74, 6) is 0. The third-order valence-corrected chi connectivity index (χ3v) is 11.4. The fourth-order valence-corrected chi connectivity index (χ4v) is 4.96. The predicted octanol–water partition coefficient (Wildman–Crippen LogP) is 7.49. The van der Waals surface area contributed by atoms with E-state index in [1.54, 1.807) is 26.8 Å². The van der Waals surface area contributed by atoms with E-state index >= 15 is 0 Å². The third kappa shape index (κ3) is 16.8. The highest BCUT2D eigenvalue weighted by molar-refractivity contribution is 6.74. The van der Waals surface area contributed by atoms with Gasteiger partial charge in [0.15, 0.2) is 8.32 Å². The molecule has 7 heteroatoms. The van der Waals surface area contributed by atoms with Gasteiger partial charge in [0.1, 0.15) is 5.60 Å². The van der Waals surface area contributed by atoms with E-state index in [2.05, 4.69) is 46.1 Å². The first-order chi connectivity index (χ1) is 16.6. The van der Waals surface area contributed by atoms with Crippen molar-refractivity contribution in [2.75, 3.05) is 6.61 Å². The molecule has 214 valence electrons. The van der Waals surface area contributed by atoms with Gasteiger partial charge in [-0.25, -0.2) is 4.79 Å². The number of aliphatic hydroxyl groups excluding tert-OH is 2. The van der Waals surface area contributed by atoms with E-state index in [0.29, 0.717) is 0 Å². The van der Waals surface area contributed by atoms with Crippen LogP contribution in [0, 0.1) is 0 Å². The van der Waals surface area contributed by atoms with Gasteiger partial charge in [-0.2, -0.15) is 0 Å². The first-order valence-corrected chi connectivity index (χ1v) is 17.2. The summed E-state index contributed by atoms with van der Waals surface area (Å²) >= 11 is 0. The number of alkyl carbamates (subject to hydrolysis) is 1. The number of ether oxygens (including phenoxy) is 1. The van der Waals surface area contributed by atoms with Crippen LogP contribution < -0.4 is 5.32 Å². The predicted molar refractivity (Wildman–Crippen MR) is 154 cm³/mol. The van der Waals surface area contributed by atoms with Crippen molar-refractivity contribution in [1.29, 1.82) is 0 Å². The molecule has 6 nitrogen and oxygen atoms in total. The summed E-state index contributed by atoms with van der Waals surface area (Å²) < 4.78 is 11.9. The molecule has 0 aromatic rings. The second kappa shape index (κ2) is 17.6. The normalized spacial score (nSPS) is 15.6. The molecule has 0 bridgehead atoms. The number of aliphatic hydroxyl groups is 2. The molecule has 3 N–H and O–H groups in total. The van der Waals surface area contributed by atoms with Crippen molar-refractivity contribution in [3.8, 4) is 0 Å². The molecule has 0 saturated carbocycles. The number of carbonyl (C=O) groups excluding carboxylic acids is 1. The quantitative estimate of drug-likeness (QED) is 0.0972. The van der Waals surface area contributed by atoms with Crippen LogP contribution >= 0.6 is 0 Å². The number of rotatable bonds is 18. The van der Waals surface area contributed by atoms with Crippen molar-refractivity contribution >= 4 is 14.4 Å². The first-order valence-electron chi connectivity index (χ1n) is 14.3. The zero-order valence-electron chi connectivity index (χ0n) is 25.0. The molecule has 0 aliphatic carbocycles. The Balaban J connectivity index is 4.91. The summed E-state index contributed by atoms with van der Waals surface area (Å²) in [5.41, 5.74) is -0.651. The molecule has 1 amide bonds. The Morgan fingerprint density at radius 2 is 1.39 bits per heavy atom. The summed E-state index contributed by atoms with van der Waals surface area (Å²) in [7, 11) is -2.00. The Kier molecular flexibility index (Phi) is 17.1. The summed E-state index contributed by atoms with van der Waals surface area (Å²) in [4.78, 5) is 12.1. The lowest BCUT2D eigenvalue weighted by atomic mass is 10.0. The Hall–Kier alpha value is -0.893. The Morgan fingerprint density at radius 1 is 0.889 bits per heavy atom. The van der Waals surface area contributed by atoms with Gasteiger partial charge in [0.25, 0.3) is 0 Å². The number of unbranched alkanes of at least 4 members (excludes halogenated alkanes) is 9. The van der Waals surface area contributed by atoms with E-state index in [-0.39, 0.29) is 11.1 Å². The zero-order valence-corrected chi connectivity index (χ0v) is 26.0. The van der Waals surface area contributed by atoms with Gasteiger partial charge in [0.2, 0.25) is 0 Å². The number of amides is 1. The summed E-state index contributed by atoms with van der Waals surface area (Å²) in [6, 6.07) is -0.845. The van der Waals surface area contributed by atoms with Crippen LogP contribution in [0.1, 0.15) is 119 Å². The highest BCUT2D eigenvalue weighted by Gasteiger charge is 2.38. The van der Waals surface area contributed by atoms with Crippen LogP contribution in [0.2, 0.25) is 18.1 Å². The molecule has 0 spiro atoms. The summed E-state index contributed by atoms with van der Waals surface area (Å²) in [5, 5.41) is 23.0. The maximum atomic E-state index is 12.1. The molecule has 0 aromatic heterocycles. The van der Waals surface area contributed by atoms with Gasteiger partial charge in [-0.05, 0) is 45.3 Å². The Bertz CT molecular complexity index is 610. The van der Waals surface area contributed by atoms with Gasteiger partial charge >= 0.3 is 6.09 Å². The van der Waals surface area contributed by atoms with Crippen LogP contribution in [-0.4, -0.2) is 55.1 Å². The largest absolute Gasteiger partial charge is 0.444 e. The minimum atomic E-state index is -2.00. The lowest BCUT2D eigenvalue weighted by Gasteiger charge is -2.38. The van der Waals surface area contributed by atoms with Gasteiger partial charge in [0.05, 0.1) is 24.9 Å². The van der Waals surface area contributed by atoms with Crippen LogP contribution in [0.3, 0.4) is 0 Å². The van der Waals surface area contributed by atoms with Gasteiger partial charge < -0.3 is 24.7 Å². The highest BCUT2D eigenvalue weighted by Crippen LogP contribution is 2.38. The Morgan fingerprint density at radius 3 is 1.83 bits per heavy atom. The van der Waals surface area contributed by atoms with Crippen molar-refractivity contribution in [3.05, 3.63) is 12.2 Å². The van der Waals surface area contributed by atoms with E-state index < -0.39 is 38.8 Å². The summed E-state index contributed by atoms with van der Waals surface area (Å²) in [6.45, 7) is 18.3. The van der Waals surface area contributed by atoms with Crippen LogP contribution in [0.25, 0.3) is 0 Å². The fourth-order valence-electron chi connectivity index (χ4n) is 3.65. The number of hydrogen-bond donors (Lipinski definition) is 3. The molecule has 0 rings (SSSR count). The van der Waals surface area contributed by atoms with Crippen LogP contribution in [0.5, 0.6) is 0 Å². The van der Waals surface area contributed by atoms with E-state index in [1.807, 2.05) is 6.08 Å². The van der Waals surface area contributed by atoms with Crippen LogP contribution in [0.4, 0.5) is 4.79 Å². The van der Waals surface area contributed by atoms with Crippen molar-refractivity contribution in [3.63, 3.8) is 0 Å². The average Bonchev–Trinajstić information content (AvgIpc) is 2.74. The maximum Gasteiger partial charge on any atom is 0.408 e. The third-order valence-electron chi connectivity index (χ3n) is 6.93. The minimum Gasteiger partial charge on any atom is -0.444 e. The minimum absolute atomic E-state index is 0.0847. The zero-order chi connectivity index (χ0) is 27.8. The topological polar surface area (TPSA) is 88.0 Å². The standard InChI is InChI=1S/C29H59NO5Si/c1-10-11-12-13-14-15-16-17-18-19-20-24(35-36(8,9)29(5,6)7)21-22-26(32)25(23-31)30-27(33)34-28(2,3)4/h21-22,24-26,31-32H,10-20,23H2,1-9H3,(H,30,33)/t24-,25+,26-/m1/s1. The van der Waals surface area contributed by atoms with Crippen molar-refractivity contribution in [2.24, 2.45) is 0 Å². The van der Waals surface area contributed by atoms with Gasteiger partial charge in [-0.3, -0.25) is 0 Å². The Labute approximate surface area is 223 Å². The van der Waals surface area contributed by atoms with Gasteiger partial charge in [0, 0.05) is 0 Å². The van der Waals surface area contributed by atoms with Crippen molar-refractivity contribution < 1.29 is 24.2 Å². The smallest absolute Gasteiger partial charge is 0.408 e. The van der Waals surface area contributed by atoms with E-state index in [1.165, 1.54) is 57.8 Å². The van der Waals surface area contributed by atoms with Crippen molar-refractivity contribution in [2.45, 2.75) is 161 Å². The maximum absolute atomic E-state index is 12.1. The average molecular weight is 530 g/mol. The van der Waals surface area contributed by atoms with Crippen molar-refractivity contribution in [1.82, 2.24) is 5.32 Å². The van der Waals surface area contributed by atoms with E-state index in [4.69, 9.17) is 9.16 Å². The molecule has 0 heterocycles. The fraction of sp³-hybridized carbons (Fsp3) is 0.897. The van der Waals surface area contributed by atoms with E-state index in [0.717, 1.165) is 12.8 Å². The van der Waals surface area contributed by atoms with Gasteiger partial charge in [-0.1, -0.05) is 104 Å². The number of hydrogen-bond acceptors (Lipinski definition) is 5. The van der Waals surface area contributed by atoms with Crippen LogP contribution in [-0.2, 0) is 9.16 Å². The molecule has 0 fully saturated rings. The molecule has 0 aliphatic heterocycles. The SMILES string of the molecule is CCCCCCCCCCCC[C@H](C=C[C@@H](O)[C@H](CO)NC(=O)OC(C)(C)C)O[Si](C)(C)C(C)(C)C. The number of carbonyl (C=O) groups is 1.